The van der Waals surface area contributed by atoms with E-state index in [-0.39, 0.29) is 5.39 Å². The van der Waals surface area contributed by atoms with Gasteiger partial charge in [-0.15, -0.1) is 11.3 Å². The normalized spacial score (nSPS) is 16.1. The van der Waals surface area contributed by atoms with E-state index in [0.29, 0.717) is 43.3 Å². The third kappa shape index (κ3) is 3.89. The average Bonchev–Trinajstić information content (AvgIpc) is 3.42. The highest BCUT2D eigenvalue weighted by atomic mass is 35.5. The highest BCUT2D eigenvalue weighted by Gasteiger charge is 2.48. The molecule has 190 valence electrons. The van der Waals surface area contributed by atoms with Gasteiger partial charge in [0.2, 0.25) is 5.95 Å². The number of nitrogens with one attached hydrogen (secondary N) is 1. The van der Waals surface area contributed by atoms with Gasteiger partial charge in [-0.25, -0.2) is 15.0 Å². The van der Waals surface area contributed by atoms with Crippen LogP contribution in [0.15, 0.2) is 59.0 Å². The van der Waals surface area contributed by atoms with Crippen molar-refractivity contribution >= 4 is 57.1 Å². The minimum Gasteiger partial charge on any atom is -0.324 e. The van der Waals surface area contributed by atoms with E-state index >= 15 is 0 Å². The zero-order chi connectivity index (χ0) is 26.0. The summed E-state index contributed by atoms with van der Waals surface area (Å²) in [5.41, 5.74) is 4.72. The van der Waals surface area contributed by atoms with Gasteiger partial charge in [0.15, 0.2) is 0 Å². The van der Waals surface area contributed by atoms with Crippen LogP contribution in [0.5, 0.6) is 0 Å². The summed E-state index contributed by atoms with van der Waals surface area (Å²) in [6, 6.07) is 11.5. The van der Waals surface area contributed by atoms with E-state index in [1.807, 2.05) is 5.38 Å². The summed E-state index contributed by atoms with van der Waals surface area (Å²) < 4.78 is 1.20. The lowest BCUT2D eigenvalue weighted by Gasteiger charge is -2.32. The first-order chi connectivity index (χ1) is 18.4. The zero-order valence-electron chi connectivity index (χ0n) is 20.3. The molecule has 1 spiro atoms. The van der Waals surface area contributed by atoms with Crippen molar-refractivity contribution in [2.75, 3.05) is 18.9 Å². The molecule has 0 amide bonds. The molecule has 0 atom stereocenters. The Balaban J connectivity index is 1.34. The molecule has 2 aromatic carbocycles. The molecule has 1 aliphatic carbocycles. The SMILES string of the molecule is CN1Cc2cc(Nc3ncc4c(=O)n(-c5c(Cl)cccc5Cl)nc(-c5nccs5)c4n3)ccc2C2(CC2)C1. The molecule has 5 aromatic rings. The van der Waals surface area contributed by atoms with Crippen LogP contribution in [0.4, 0.5) is 11.6 Å². The third-order valence-electron chi connectivity index (χ3n) is 7.22. The Hall–Kier alpha value is -3.37. The lowest BCUT2D eigenvalue weighted by Crippen LogP contribution is -2.35. The number of fused-ring (bicyclic) bond motifs is 3. The van der Waals surface area contributed by atoms with Crippen LogP contribution in [-0.4, -0.2) is 43.2 Å². The molecule has 0 unspecified atom stereocenters. The van der Waals surface area contributed by atoms with Crippen molar-refractivity contribution < 1.29 is 0 Å². The van der Waals surface area contributed by atoms with Gasteiger partial charge in [-0.1, -0.05) is 35.3 Å². The fraction of sp³-hybridized carbons (Fsp3) is 0.222. The number of thiazole rings is 1. The van der Waals surface area contributed by atoms with E-state index in [2.05, 4.69) is 50.5 Å². The van der Waals surface area contributed by atoms with Crippen molar-refractivity contribution in [3.63, 3.8) is 0 Å². The minimum absolute atomic E-state index is 0.287. The Kier molecular flexibility index (Phi) is 5.52. The average molecular weight is 562 g/mol. The summed E-state index contributed by atoms with van der Waals surface area (Å²) in [6.07, 6.45) is 5.68. The molecule has 1 N–H and O–H groups in total. The second kappa shape index (κ2) is 8.84. The molecule has 11 heteroatoms. The number of para-hydroxylation sites is 1. The molecule has 8 nitrogen and oxygen atoms in total. The number of likely N-dealkylation sites (N-methyl/N-ethyl adjacent to an activating group) is 1. The predicted octanol–water partition coefficient (Wildman–Crippen LogP) is 5.83. The van der Waals surface area contributed by atoms with Gasteiger partial charge in [0.25, 0.3) is 5.56 Å². The second-order valence-electron chi connectivity index (χ2n) is 9.88. The Morgan fingerprint density at radius 2 is 1.92 bits per heavy atom. The molecule has 4 heterocycles. The summed E-state index contributed by atoms with van der Waals surface area (Å²) in [5, 5.41) is 11.3. The first-order valence-corrected chi connectivity index (χ1v) is 13.8. The summed E-state index contributed by atoms with van der Waals surface area (Å²) in [7, 11) is 2.17. The lowest BCUT2D eigenvalue weighted by atomic mass is 9.87. The second-order valence-corrected chi connectivity index (χ2v) is 11.6. The molecule has 7 rings (SSSR count). The van der Waals surface area contributed by atoms with Gasteiger partial charge in [0, 0.05) is 42.0 Å². The van der Waals surface area contributed by atoms with Crippen LogP contribution >= 0.6 is 34.5 Å². The van der Waals surface area contributed by atoms with Gasteiger partial charge in [0.1, 0.15) is 21.9 Å². The number of aromatic nitrogens is 5. The van der Waals surface area contributed by atoms with Crippen LogP contribution in [0, 0.1) is 0 Å². The highest BCUT2D eigenvalue weighted by Crippen LogP contribution is 2.52. The van der Waals surface area contributed by atoms with Crippen LogP contribution in [0.2, 0.25) is 10.0 Å². The number of hydrogen-bond donors (Lipinski definition) is 1. The van der Waals surface area contributed by atoms with Crippen molar-refractivity contribution in [3.05, 3.63) is 85.7 Å². The van der Waals surface area contributed by atoms with Crippen molar-refractivity contribution in [1.82, 2.24) is 29.6 Å². The van der Waals surface area contributed by atoms with Crippen LogP contribution < -0.4 is 10.9 Å². The van der Waals surface area contributed by atoms with Crippen molar-refractivity contribution in [1.29, 1.82) is 0 Å². The van der Waals surface area contributed by atoms with Crippen LogP contribution in [0.1, 0.15) is 24.0 Å². The standard InChI is InChI=1S/C27H21Cl2N7OS/c1-35-13-15-11-16(5-6-18(15)27(14-35)7-8-27)32-26-31-12-17-21(33-26)22(24-30-9-10-38-24)34-36(25(17)37)23-19(28)3-2-4-20(23)29/h2-6,9-12H,7-8,13-14H2,1H3,(H,31,32,33). The van der Waals surface area contributed by atoms with E-state index in [9.17, 15) is 4.79 Å². The van der Waals surface area contributed by atoms with Crippen molar-refractivity contribution in [2.45, 2.75) is 24.8 Å². The van der Waals surface area contributed by atoms with Crippen molar-refractivity contribution in [3.8, 4) is 16.4 Å². The number of rotatable bonds is 4. The highest BCUT2D eigenvalue weighted by molar-refractivity contribution is 7.13. The van der Waals surface area contributed by atoms with Crippen LogP contribution in [-0.2, 0) is 12.0 Å². The number of benzene rings is 2. The first-order valence-electron chi connectivity index (χ1n) is 12.2. The van der Waals surface area contributed by atoms with Crippen molar-refractivity contribution in [2.24, 2.45) is 0 Å². The monoisotopic (exact) mass is 561 g/mol. The zero-order valence-corrected chi connectivity index (χ0v) is 22.6. The molecule has 1 aliphatic heterocycles. The Labute approximate surface area is 231 Å². The molecule has 0 saturated heterocycles. The lowest BCUT2D eigenvalue weighted by molar-refractivity contribution is 0.271. The summed E-state index contributed by atoms with van der Waals surface area (Å²) in [5.74, 6) is 0.371. The van der Waals surface area contributed by atoms with Gasteiger partial charge < -0.3 is 10.2 Å². The molecule has 0 radical (unpaired) electrons. The Morgan fingerprint density at radius 1 is 1.11 bits per heavy atom. The Bertz CT molecular complexity index is 1760. The number of nitrogens with zero attached hydrogens (tertiary/aromatic N) is 6. The minimum atomic E-state index is -0.423. The van der Waals surface area contributed by atoms with E-state index < -0.39 is 5.56 Å². The van der Waals surface area contributed by atoms with E-state index in [1.165, 1.54) is 46.2 Å². The molecule has 3 aromatic heterocycles. The number of anilines is 2. The van der Waals surface area contributed by atoms with Gasteiger partial charge >= 0.3 is 0 Å². The van der Waals surface area contributed by atoms with Gasteiger partial charge in [-0.05, 0) is 55.3 Å². The smallest absolute Gasteiger partial charge is 0.282 e. The maximum atomic E-state index is 13.5. The summed E-state index contributed by atoms with van der Waals surface area (Å²) in [4.78, 5) is 29.6. The third-order valence-corrected chi connectivity index (χ3v) is 8.61. The molecule has 38 heavy (non-hydrogen) atoms. The fourth-order valence-electron chi connectivity index (χ4n) is 5.39. The quantitative estimate of drug-likeness (QED) is 0.295. The molecule has 1 saturated carbocycles. The molecule has 1 fully saturated rings. The van der Waals surface area contributed by atoms with Crippen LogP contribution in [0.3, 0.4) is 0 Å². The van der Waals surface area contributed by atoms with E-state index in [1.54, 1.807) is 24.4 Å². The number of hydrogen-bond acceptors (Lipinski definition) is 8. The number of halogens is 2. The van der Waals surface area contributed by atoms with E-state index in [0.717, 1.165) is 18.8 Å². The maximum Gasteiger partial charge on any atom is 0.282 e. The summed E-state index contributed by atoms with van der Waals surface area (Å²) >= 11 is 14.2. The van der Waals surface area contributed by atoms with Gasteiger partial charge in [-0.2, -0.15) is 9.78 Å². The van der Waals surface area contributed by atoms with Gasteiger partial charge in [-0.3, -0.25) is 4.79 Å². The van der Waals surface area contributed by atoms with E-state index in [4.69, 9.17) is 28.2 Å². The molecular weight excluding hydrogens is 541 g/mol. The van der Waals surface area contributed by atoms with Gasteiger partial charge in [0.05, 0.1) is 15.4 Å². The predicted molar refractivity (Wildman–Crippen MR) is 151 cm³/mol. The Morgan fingerprint density at radius 3 is 2.66 bits per heavy atom. The molecule has 0 bridgehead atoms. The fourth-order valence-corrected chi connectivity index (χ4v) is 6.57. The molecule has 2 aliphatic rings. The maximum absolute atomic E-state index is 13.5. The molecular formula is C27H21Cl2N7OS. The summed E-state index contributed by atoms with van der Waals surface area (Å²) in [6.45, 7) is 2.03. The van der Waals surface area contributed by atoms with Crippen LogP contribution in [0.25, 0.3) is 27.3 Å². The largest absolute Gasteiger partial charge is 0.324 e. The topological polar surface area (TPSA) is 88.8 Å². The first kappa shape index (κ1) is 23.7.